The Balaban J connectivity index is 1.87. The molecule has 1 aromatic carbocycles. The smallest absolute Gasteiger partial charge is 0.259 e. The van der Waals surface area contributed by atoms with E-state index >= 15 is 0 Å². The Bertz CT molecular complexity index is 513. The van der Waals surface area contributed by atoms with Crippen molar-refractivity contribution in [3.8, 4) is 11.8 Å². The standard InChI is InChI=1S/C16H20N2O2/c1-13-6-5-7-14(10-13)20-11-15(19)18-16(12-17)8-3-2-4-9-16/h5-7,10H,2-4,8-9,11H2,1H3,(H,18,19). The van der Waals surface area contributed by atoms with Gasteiger partial charge in [-0.1, -0.05) is 31.4 Å². The largest absolute Gasteiger partial charge is 0.484 e. The van der Waals surface area contributed by atoms with Gasteiger partial charge in [0.15, 0.2) is 6.61 Å². The fourth-order valence-electron chi connectivity index (χ4n) is 2.58. The van der Waals surface area contributed by atoms with E-state index < -0.39 is 5.54 Å². The highest BCUT2D eigenvalue weighted by atomic mass is 16.5. The summed E-state index contributed by atoms with van der Waals surface area (Å²) in [5.74, 6) is 0.449. The summed E-state index contributed by atoms with van der Waals surface area (Å²) in [6.07, 6.45) is 4.59. The number of benzene rings is 1. The molecule has 0 spiro atoms. The van der Waals surface area contributed by atoms with Crippen molar-refractivity contribution in [2.45, 2.75) is 44.6 Å². The maximum Gasteiger partial charge on any atom is 0.259 e. The van der Waals surface area contributed by atoms with Crippen LogP contribution in [0.4, 0.5) is 0 Å². The highest BCUT2D eigenvalue weighted by Gasteiger charge is 2.33. The van der Waals surface area contributed by atoms with Crippen molar-refractivity contribution in [1.82, 2.24) is 5.32 Å². The Kier molecular flexibility index (Phi) is 4.62. The van der Waals surface area contributed by atoms with Crippen LogP contribution in [0, 0.1) is 18.3 Å². The number of aryl methyl sites for hydroxylation is 1. The van der Waals surface area contributed by atoms with E-state index in [1.165, 1.54) is 0 Å². The van der Waals surface area contributed by atoms with Gasteiger partial charge in [-0.15, -0.1) is 0 Å². The summed E-state index contributed by atoms with van der Waals surface area (Å²) in [5.41, 5.74) is 0.398. The van der Waals surface area contributed by atoms with Crippen LogP contribution in [-0.4, -0.2) is 18.1 Å². The van der Waals surface area contributed by atoms with Gasteiger partial charge in [0, 0.05) is 0 Å². The summed E-state index contributed by atoms with van der Waals surface area (Å²) < 4.78 is 5.46. The van der Waals surface area contributed by atoms with Gasteiger partial charge < -0.3 is 10.1 Å². The Hall–Kier alpha value is -2.02. The van der Waals surface area contributed by atoms with Crippen LogP contribution in [-0.2, 0) is 4.79 Å². The van der Waals surface area contributed by atoms with Crippen molar-refractivity contribution in [2.75, 3.05) is 6.61 Å². The summed E-state index contributed by atoms with van der Waals surface area (Å²) in [7, 11) is 0. The summed E-state index contributed by atoms with van der Waals surface area (Å²) in [6.45, 7) is 1.92. The molecule has 0 aromatic heterocycles. The van der Waals surface area contributed by atoms with Gasteiger partial charge in [0.05, 0.1) is 6.07 Å². The zero-order valence-electron chi connectivity index (χ0n) is 11.8. The molecule has 20 heavy (non-hydrogen) atoms. The summed E-state index contributed by atoms with van der Waals surface area (Å²) >= 11 is 0. The second-order valence-electron chi connectivity index (χ2n) is 5.41. The van der Waals surface area contributed by atoms with Crippen molar-refractivity contribution in [3.63, 3.8) is 0 Å². The number of rotatable bonds is 4. The van der Waals surface area contributed by atoms with Crippen LogP contribution in [0.3, 0.4) is 0 Å². The number of nitriles is 1. The van der Waals surface area contributed by atoms with Gasteiger partial charge in [-0.2, -0.15) is 5.26 Å². The zero-order chi connectivity index (χ0) is 14.4. The van der Waals surface area contributed by atoms with Gasteiger partial charge in [-0.25, -0.2) is 0 Å². The zero-order valence-corrected chi connectivity index (χ0v) is 11.8. The Labute approximate surface area is 119 Å². The molecule has 1 saturated carbocycles. The number of nitrogens with zero attached hydrogens (tertiary/aromatic N) is 1. The van der Waals surface area contributed by atoms with Crippen LogP contribution >= 0.6 is 0 Å². The van der Waals surface area contributed by atoms with Crippen molar-refractivity contribution in [3.05, 3.63) is 29.8 Å². The average Bonchev–Trinajstić information content (AvgIpc) is 2.46. The maximum absolute atomic E-state index is 11.9. The normalized spacial score (nSPS) is 17.0. The molecular formula is C16H20N2O2. The van der Waals surface area contributed by atoms with Crippen molar-refractivity contribution in [1.29, 1.82) is 5.26 Å². The summed E-state index contributed by atoms with van der Waals surface area (Å²) in [6, 6.07) is 9.83. The lowest BCUT2D eigenvalue weighted by atomic mass is 9.83. The second kappa shape index (κ2) is 6.42. The number of carbonyl (C=O) groups excluding carboxylic acids is 1. The topological polar surface area (TPSA) is 62.1 Å². The first-order valence-electron chi connectivity index (χ1n) is 7.05. The van der Waals surface area contributed by atoms with E-state index in [2.05, 4.69) is 11.4 Å². The fraction of sp³-hybridized carbons (Fsp3) is 0.500. The molecule has 0 atom stereocenters. The Morgan fingerprint density at radius 2 is 2.15 bits per heavy atom. The Morgan fingerprint density at radius 3 is 2.80 bits per heavy atom. The number of nitrogens with one attached hydrogen (secondary N) is 1. The molecule has 0 unspecified atom stereocenters. The minimum atomic E-state index is -0.689. The number of hydrogen-bond acceptors (Lipinski definition) is 3. The average molecular weight is 272 g/mol. The van der Waals surface area contributed by atoms with E-state index in [0.29, 0.717) is 5.75 Å². The molecule has 1 aliphatic carbocycles. The van der Waals surface area contributed by atoms with Gasteiger partial charge in [0.25, 0.3) is 5.91 Å². The maximum atomic E-state index is 11.9. The van der Waals surface area contributed by atoms with Gasteiger partial charge in [0.2, 0.25) is 0 Å². The van der Waals surface area contributed by atoms with Crippen molar-refractivity contribution < 1.29 is 9.53 Å². The summed E-state index contributed by atoms with van der Waals surface area (Å²) in [5, 5.41) is 12.1. The third-order valence-electron chi connectivity index (χ3n) is 3.66. The van der Waals surface area contributed by atoms with Crippen molar-refractivity contribution in [2.24, 2.45) is 0 Å². The van der Waals surface area contributed by atoms with E-state index in [4.69, 9.17) is 4.74 Å². The third kappa shape index (κ3) is 3.74. The van der Waals surface area contributed by atoms with E-state index in [-0.39, 0.29) is 12.5 Å². The van der Waals surface area contributed by atoms with E-state index in [0.717, 1.165) is 37.7 Å². The van der Waals surface area contributed by atoms with E-state index in [9.17, 15) is 10.1 Å². The van der Waals surface area contributed by atoms with E-state index in [1.807, 2.05) is 31.2 Å². The van der Waals surface area contributed by atoms with Crippen LogP contribution in [0.1, 0.15) is 37.7 Å². The lowest BCUT2D eigenvalue weighted by Crippen LogP contribution is -2.50. The van der Waals surface area contributed by atoms with Gasteiger partial charge in [0.1, 0.15) is 11.3 Å². The molecule has 106 valence electrons. The lowest BCUT2D eigenvalue weighted by Gasteiger charge is -2.31. The Morgan fingerprint density at radius 1 is 1.40 bits per heavy atom. The highest BCUT2D eigenvalue weighted by Crippen LogP contribution is 2.27. The van der Waals surface area contributed by atoms with E-state index in [1.54, 1.807) is 0 Å². The predicted molar refractivity (Wildman–Crippen MR) is 76.2 cm³/mol. The lowest BCUT2D eigenvalue weighted by molar-refractivity contribution is -0.124. The molecule has 4 nitrogen and oxygen atoms in total. The summed E-state index contributed by atoms with van der Waals surface area (Å²) in [4.78, 5) is 11.9. The number of carbonyl (C=O) groups is 1. The first-order valence-corrected chi connectivity index (χ1v) is 7.05. The molecule has 4 heteroatoms. The second-order valence-corrected chi connectivity index (χ2v) is 5.41. The van der Waals surface area contributed by atoms with Gasteiger partial charge >= 0.3 is 0 Å². The molecule has 1 aliphatic rings. The monoisotopic (exact) mass is 272 g/mol. The minimum absolute atomic E-state index is 0.0487. The number of amides is 1. The van der Waals surface area contributed by atoms with Crippen LogP contribution in [0.15, 0.2) is 24.3 Å². The molecule has 1 N–H and O–H groups in total. The predicted octanol–water partition coefficient (Wildman–Crippen LogP) is 2.72. The van der Waals surface area contributed by atoms with Gasteiger partial charge in [-0.3, -0.25) is 4.79 Å². The molecule has 0 aliphatic heterocycles. The first-order chi connectivity index (χ1) is 9.63. The number of hydrogen-bond donors (Lipinski definition) is 1. The van der Waals surface area contributed by atoms with Crippen LogP contribution in [0.2, 0.25) is 0 Å². The van der Waals surface area contributed by atoms with Crippen LogP contribution in [0.5, 0.6) is 5.75 Å². The molecule has 0 radical (unpaired) electrons. The molecule has 1 amide bonds. The molecular weight excluding hydrogens is 252 g/mol. The van der Waals surface area contributed by atoms with Gasteiger partial charge in [-0.05, 0) is 37.5 Å². The first kappa shape index (κ1) is 14.4. The highest BCUT2D eigenvalue weighted by molar-refractivity contribution is 5.78. The SMILES string of the molecule is Cc1cccc(OCC(=O)NC2(C#N)CCCCC2)c1. The molecule has 0 heterocycles. The minimum Gasteiger partial charge on any atom is -0.484 e. The quantitative estimate of drug-likeness (QED) is 0.916. The van der Waals surface area contributed by atoms with Crippen LogP contribution < -0.4 is 10.1 Å². The molecule has 0 saturated heterocycles. The molecule has 1 fully saturated rings. The third-order valence-corrected chi connectivity index (χ3v) is 3.66. The molecule has 1 aromatic rings. The van der Waals surface area contributed by atoms with Crippen LogP contribution in [0.25, 0.3) is 0 Å². The molecule has 2 rings (SSSR count). The molecule has 0 bridgehead atoms. The van der Waals surface area contributed by atoms with Crippen molar-refractivity contribution >= 4 is 5.91 Å². The fourth-order valence-corrected chi connectivity index (χ4v) is 2.58. The number of ether oxygens (including phenoxy) is 1.